The van der Waals surface area contributed by atoms with Crippen molar-refractivity contribution in [1.29, 1.82) is 0 Å². The molecule has 0 aliphatic carbocycles. The van der Waals surface area contributed by atoms with Crippen LogP contribution in [-0.4, -0.2) is 30.1 Å². The third kappa shape index (κ3) is 3.07. The monoisotopic (exact) mass is 326 g/mol. The lowest BCUT2D eigenvalue weighted by Crippen LogP contribution is -2.37. The number of nitrogens with zero attached hydrogens (tertiary/aromatic N) is 1. The Hall–Kier alpha value is -1.56. The molecule has 1 aliphatic heterocycles. The van der Waals surface area contributed by atoms with Gasteiger partial charge in [-0.15, -0.1) is 0 Å². The topological polar surface area (TPSA) is 83.6 Å². The van der Waals surface area contributed by atoms with E-state index in [1.807, 2.05) is 17.0 Å². The summed E-state index contributed by atoms with van der Waals surface area (Å²) in [7, 11) is 0. The van der Waals surface area contributed by atoms with Crippen molar-refractivity contribution < 1.29 is 14.7 Å². The van der Waals surface area contributed by atoms with Crippen LogP contribution in [0.1, 0.15) is 23.2 Å². The smallest absolute Gasteiger partial charge is 0.306 e. The van der Waals surface area contributed by atoms with Crippen molar-refractivity contribution in [3.63, 3.8) is 0 Å². The molecule has 0 saturated carbocycles. The Morgan fingerprint density at radius 2 is 1.95 bits per heavy atom. The Kier molecular flexibility index (Phi) is 4.09. The minimum absolute atomic E-state index is 0.288. The van der Waals surface area contributed by atoms with Gasteiger partial charge >= 0.3 is 5.97 Å². The Labute approximate surface area is 119 Å². The molecule has 5 nitrogen and oxygen atoms in total. The first kappa shape index (κ1) is 13.9. The molecule has 6 heteroatoms. The zero-order valence-electron chi connectivity index (χ0n) is 10.3. The molecule has 0 unspecified atom stereocenters. The van der Waals surface area contributed by atoms with Crippen molar-refractivity contribution in [3.8, 4) is 0 Å². The average Bonchev–Trinajstić information content (AvgIpc) is 2.38. The number of primary amides is 1. The molecular formula is C13H15BrN2O3. The second-order valence-corrected chi connectivity index (χ2v) is 5.54. The Bertz CT molecular complexity index is 511. The van der Waals surface area contributed by atoms with Gasteiger partial charge in [-0.1, -0.05) is 15.9 Å². The van der Waals surface area contributed by atoms with Crippen molar-refractivity contribution >= 4 is 33.5 Å². The number of carbonyl (C=O) groups is 2. The third-order valence-corrected chi connectivity index (χ3v) is 3.90. The molecule has 0 bridgehead atoms. The van der Waals surface area contributed by atoms with Crippen LogP contribution in [0.4, 0.5) is 5.69 Å². The number of halogens is 1. The standard InChI is InChI=1S/C13H15BrN2O3/c14-9-1-2-11(10(7-9)12(15)17)16-5-3-8(4-6-16)13(18)19/h1-2,7-8H,3-6H2,(H2,15,17)(H,18,19). The van der Waals surface area contributed by atoms with Crippen molar-refractivity contribution in [3.05, 3.63) is 28.2 Å². The summed E-state index contributed by atoms with van der Waals surface area (Å²) in [4.78, 5) is 24.4. The lowest BCUT2D eigenvalue weighted by Gasteiger charge is -2.32. The average molecular weight is 327 g/mol. The van der Waals surface area contributed by atoms with E-state index in [9.17, 15) is 9.59 Å². The maximum atomic E-state index is 11.5. The highest BCUT2D eigenvalue weighted by atomic mass is 79.9. The van der Waals surface area contributed by atoms with Crippen LogP contribution in [0.25, 0.3) is 0 Å². The van der Waals surface area contributed by atoms with Crippen LogP contribution in [0.3, 0.4) is 0 Å². The fourth-order valence-electron chi connectivity index (χ4n) is 2.35. The molecule has 3 N–H and O–H groups in total. The first-order chi connectivity index (χ1) is 8.99. The van der Waals surface area contributed by atoms with Gasteiger partial charge in [-0.2, -0.15) is 0 Å². The van der Waals surface area contributed by atoms with Crippen LogP contribution in [-0.2, 0) is 4.79 Å². The van der Waals surface area contributed by atoms with E-state index in [1.165, 1.54) is 0 Å². The zero-order valence-corrected chi connectivity index (χ0v) is 11.9. The Morgan fingerprint density at radius 1 is 1.32 bits per heavy atom. The quantitative estimate of drug-likeness (QED) is 0.887. The minimum atomic E-state index is -0.745. The summed E-state index contributed by atoms with van der Waals surface area (Å²) in [6.45, 7) is 1.25. The van der Waals surface area contributed by atoms with Gasteiger partial charge in [0.05, 0.1) is 11.5 Å². The van der Waals surface area contributed by atoms with Crippen LogP contribution in [0.5, 0.6) is 0 Å². The molecule has 1 aromatic rings. The summed E-state index contributed by atoms with van der Waals surface area (Å²) in [5.41, 5.74) is 6.62. The number of benzene rings is 1. The van der Waals surface area contributed by atoms with E-state index in [1.54, 1.807) is 6.07 Å². The van der Waals surface area contributed by atoms with E-state index in [4.69, 9.17) is 10.8 Å². The number of anilines is 1. The zero-order chi connectivity index (χ0) is 14.0. The SMILES string of the molecule is NC(=O)c1cc(Br)ccc1N1CCC(C(=O)O)CC1. The first-order valence-electron chi connectivity index (χ1n) is 6.06. The van der Waals surface area contributed by atoms with Crippen LogP contribution >= 0.6 is 15.9 Å². The van der Waals surface area contributed by atoms with Crippen LogP contribution in [0.2, 0.25) is 0 Å². The molecule has 1 aliphatic rings. The summed E-state index contributed by atoms with van der Waals surface area (Å²) < 4.78 is 0.797. The molecule has 102 valence electrons. The van der Waals surface area contributed by atoms with Gasteiger partial charge in [-0.3, -0.25) is 9.59 Å². The molecule has 0 spiro atoms. The van der Waals surface area contributed by atoms with E-state index in [-0.39, 0.29) is 5.92 Å². The summed E-state index contributed by atoms with van der Waals surface area (Å²) in [6.07, 6.45) is 1.17. The van der Waals surface area contributed by atoms with Gasteiger partial charge in [0.2, 0.25) is 0 Å². The number of nitrogens with two attached hydrogens (primary N) is 1. The van der Waals surface area contributed by atoms with Gasteiger partial charge in [0, 0.05) is 23.2 Å². The molecule has 0 aromatic heterocycles. The molecule has 0 atom stereocenters. The van der Waals surface area contributed by atoms with Gasteiger partial charge < -0.3 is 15.7 Å². The maximum Gasteiger partial charge on any atom is 0.306 e. The molecule has 2 rings (SSSR count). The number of piperidine rings is 1. The van der Waals surface area contributed by atoms with Crippen LogP contribution in [0.15, 0.2) is 22.7 Å². The highest BCUT2D eigenvalue weighted by Crippen LogP contribution is 2.28. The number of carboxylic acids is 1. The number of amides is 1. The predicted octanol–water partition coefficient (Wildman–Crippen LogP) is 1.85. The number of hydrogen-bond acceptors (Lipinski definition) is 3. The highest BCUT2D eigenvalue weighted by molar-refractivity contribution is 9.10. The number of rotatable bonds is 3. The number of carbonyl (C=O) groups excluding carboxylic acids is 1. The van der Waals surface area contributed by atoms with Crippen molar-refractivity contribution in [1.82, 2.24) is 0 Å². The summed E-state index contributed by atoms with van der Waals surface area (Å²) in [5, 5.41) is 8.98. The van der Waals surface area contributed by atoms with Crippen molar-refractivity contribution in [2.45, 2.75) is 12.8 Å². The second kappa shape index (κ2) is 5.61. The normalized spacial score (nSPS) is 16.4. The van der Waals surface area contributed by atoms with Gasteiger partial charge in [-0.25, -0.2) is 0 Å². The van der Waals surface area contributed by atoms with E-state index in [0.717, 1.165) is 10.2 Å². The predicted molar refractivity (Wildman–Crippen MR) is 75.2 cm³/mol. The molecule has 1 fully saturated rings. The lowest BCUT2D eigenvalue weighted by atomic mass is 9.96. The van der Waals surface area contributed by atoms with E-state index in [0.29, 0.717) is 31.5 Å². The second-order valence-electron chi connectivity index (χ2n) is 4.63. The summed E-state index contributed by atoms with van der Waals surface area (Å²) in [5.74, 6) is -1.51. The number of aliphatic carboxylic acids is 1. The van der Waals surface area contributed by atoms with Gasteiger partial charge in [0.15, 0.2) is 0 Å². The largest absolute Gasteiger partial charge is 0.481 e. The van der Waals surface area contributed by atoms with Gasteiger partial charge in [0.1, 0.15) is 0 Å². The third-order valence-electron chi connectivity index (χ3n) is 3.41. The lowest BCUT2D eigenvalue weighted by molar-refractivity contribution is -0.142. The van der Waals surface area contributed by atoms with Gasteiger partial charge in [-0.05, 0) is 31.0 Å². The number of carboxylic acid groups (broad SMARTS) is 1. The fraction of sp³-hybridized carbons (Fsp3) is 0.385. The molecule has 1 amide bonds. The summed E-state index contributed by atoms with van der Waals surface area (Å²) in [6, 6.07) is 5.39. The highest BCUT2D eigenvalue weighted by Gasteiger charge is 2.26. The Morgan fingerprint density at radius 3 is 2.47 bits per heavy atom. The molecule has 1 aromatic carbocycles. The first-order valence-corrected chi connectivity index (χ1v) is 6.85. The summed E-state index contributed by atoms with van der Waals surface area (Å²) >= 11 is 3.31. The van der Waals surface area contributed by atoms with Crippen LogP contribution < -0.4 is 10.6 Å². The van der Waals surface area contributed by atoms with Crippen molar-refractivity contribution in [2.75, 3.05) is 18.0 Å². The molecule has 0 radical (unpaired) electrons. The number of hydrogen-bond donors (Lipinski definition) is 2. The fourth-order valence-corrected chi connectivity index (χ4v) is 2.71. The molecule has 19 heavy (non-hydrogen) atoms. The molecule has 1 saturated heterocycles. The molecule has 1 heterocycles. The molecular weight excluding hydrogens is 312 g/mol. The minimum Gasteiger partial charge on any atom is -0.481 e. The van der Waals surface area contributed by atoms with Gasteiger partial charge in [0.25, 0.3) is 5.91 Å². The van der Waals surface area contributed by atoms with Crippen molar-refractivity contribution in [2.24, 2.45) is 11.7 Å². The Balaban J connectivity index is 2.20. The van der Waals surface area contributed by atoms with E-state index >= 15 is 0 Å². The van der Waals surface area contributed by atoms with E-state index < -0.39 is 11.9 Å². The van der Waals surface area contributed by atoms with E-state index in [2.05, 4.69) is 15.9 Å². The van der Waals surface area contributed by atoms with Crippen LogP contribution in [0, 0.1) is 5.92 Å². The maximum absolute atomic E-state index is 11.5.